The zero-order valence-corrected chi connectivity index (χ0v) is 11.4. The van der Waals surface area contributed by atoms with Gasteiger partial charge in [0.15, 0.2) is 0 Å². The molecule has 2 rings (SSSR count). The summed E-state index contributed by atoms with van der Waals surface area (Å²) >= 11 is 2.05. The summed E-state index contributed by atoms with van der Waals surface area (Å²) in [6.07, 6.45) is 6.05. The summed E-state index contributed by atoms with van der Waals surface area (Å²) in [6, 6.07) is 0.579. The van der Waals surface area contributed by atoms with E-state index in [2.05, 4.69) is 19.3 Å². The van der Waals surface area contributed by atoms with E-state index >= 15 is 0 Å². The first-order chi connectivity index (χ1) is 7.81. The highest BCUT2D eigenvalue weighted by Crippen LogP contribution is 2.33. The van der Waals surface area contributed by atoms with Crippen molar-refractivity contribution in [3.63, 3.8) is 0 Å². The first kappa shape index (κ1) is 12.7. The van der Waals surface area contributed by atoms with Crippen LogP contribution in [0, 0.1) is 11.8 Å². The molecule has 1 saturated carbocycles. The maximum Gasteiger partial charge on any atom is 0.0821 e. The molecule has 4 atom stereocenters. The summed E-state index contributed by atoms with van der Waals surface area (Å²) in [5, 5.41) is 3.52. The van der Waals surface area contributed by atoms with Crippen LogP contribution < -0.4 is 5.32 Å². The molecule has 0 radical (unpaired) electrons. The van der Waals surface area contributed by atoms with Gasteiger partial charge in [-0.25, -0.2) is 0 Å². The molecule has 1 N–H and O–H groups in total. The lowest BCUT2D eigenvalue weighted by Crippen LogP contribution is -2.49. The SMILES string of the molecule is CNC(C1CCCC(C)C1)C1CSCCO1. The Labute approximate surface area is 104 Å². The van der Waals surface area contributed by atoms with Crippen molar-refractivity contribution in [3.05, 3.63) is 0 Å². The van der Waals surface area contributed by atoms with Crippen molar-refractivity contribution >= 4 is 11.8 Å². The third kappa shape index (κ3) is 3.14. The van der Waals surface area contributed by atoms with Crippen molar-refractivity contribution in [2.24, 2.45) is 11.8 Å². The number of nitrogens with one attached hydrogen (secondary N) is 1. The van der Waals surface area contributed by atoms with Crippen molar-refractivity contribution < 1.29 is 4.74 Å². The second kappa shape index (κ2) is 6.27. The van der Waals surface area contributed by atoms with Gasteiger partial charge in [0, 0.05) is 17.5 Å². The van der Waals surface area contributed by atoms with Gasteiger partial charge in [0.25, 0.3) is 0 Å². The molecule has 1 saturated heterocycles. The maximum atomic E-state index is 5.94. The topological polar surface area (TPSA) is 21.3 Å². The summed E-state index contributed by atoms with van der Waals surface area (Å²) in [6.45, 7) is 3.34. The molecule has 0 aromatic rings. The van der Waals surface area contributed by atoms with Gasteiger partial charge in [0.05, 0.1) is 12.7 Å². The van der Waals surface area contributed by atoms with Crippen molar-refractivity contribution in [2.45, 2.75) is 44.8 Å². The molecule has 1 heterocycles. The third-order valence-corrected chi connectivity index (χ3v) is 5.08. The fourth-order valence-electron chi connectivity index (χ4n) is 3.25. The van der Waals surface area contributed by atoms with Gasteiger partial charge in [0.1, 0.15) is 0 Å². The molecule has 0 amide bonds. The normalized spacial score (nSPS) is 38.2. The van der Waals surface area contributed by atoms with Gasteiger partial charge in [0.2, 0.25) is 0 Å². The molecule has 2 aliphatic rings. The number of rotatable bonds is 3. The summed E-state index contributed by atoms with van der Waals surface area (Å²) in [5.41, 5.74) is 0. The zero-order valence-electron chi connectivity index (χ0n) is 10.6. The number of hydrogen-bond donors (Lipinski definition) is 1. The van der Waals surface area contributed by atoms with Gasteiger partial charge in [-0.15, -0.1) is 0 Å². The molecule has 0 bridgehead atoms. The van der Waals surface area contributed by atoms with Crippen LogP contribution in [0.3, 0.4) is 0 Å². The van der Waals surface area contributed by atoms with E-state index in [4.69, 9.17) is 4.74 Å². The highest BCUT2D eigenvalue weighted by atomic mass is 32.2. The first-order valence-electron chi connectivity index (χ1n) is 6.68. The van der Waals surface area contributed by atoms with Crippen LogP contribution in [-0.2, 0) is 4.74 Å². The van der Waals surface area contributed by atoms with Gasteiger partial charge in [-0.3, -0.25) is 0 Å². The fraction of sp³-hybridized carbons (Fsp3) is 1.00. The molecule has 16 heavy (non-hydrogen) atoms. The Bertz CT molecular complexity index is 206. The van der Waals surface area contributed by atoms with E-state index < -0.39 is 0 Å². The first-order valence-corrected chi connectivity index (χ1v) is 7.83. The molecule has 94 valence electrons. The van der Waals surface area contributed by atoms with E-state index in [0.717, 1.165) is 18.4 Å². The second-order valence-corrected chi connectivity index (χ2v) is 6.48. The molecular formula is C13H25NOS. The third-order valence-electron chi connectivity index (χ3n) is 4.06. The van der Waals surface area contributed by atoms with E-state index in [9.17, 15) is 0 Å². The standard InChI is InChI=1S/C13H25NOS/c1-10-4-3-5-11(8-10)13(14-2)12-9-16-7-6-15-12/h10-14H,3-9H2,1-2H3. The van der Waals surface area contributed by atoms with Crippen molar-refractivity contribution in [2.75, 3.05) is 25.2 Å². The highest BCUT2D eigenvalue weighted by molar-refractivity contribution is 7.99. The number of ether oxygens (including phenoxy) is 1. The van der Waals surface area contributed by atoms with Crippen molar-refractivity contribution in [1.29, 1.82) is 0 Å². The number of likely N-dealkylation sites (N-methyl/N-ethyl adjacent to an activating group) is 1. The van der Waals surface area contributed by atoms with Gasteiger partial charge in [-0.1, -0.05) is 19.8 Å². The average molecular weight is 243 g/mol. The minimum absolute atomic E-state index is 0.444. The summed E-state index contributed by atoms with van der Waals surface area (Å²) in [5.74, 6) is 4.09. The molecular weight excluding hydrogens is 218 g/mol. The predicted octanol–water partition coefficient (Wildman–Crippen LogP) is 2.53. The second-order valence-electron chi connectivity index (χ2n) is 5.33. The van der Waals surface area contributed by atoms with Crippen LogP contribution in [0.5, 0.6) is 0 Å². The summed E-state index contributed by atoms with van der Waals surface area (Å²) in [7, 11) is 2.10. The smallest absolute Gasteiger partial charge is 0.0821 e. The lowest BCUT2D eigenvalue weighted by atomic mass is 9.77. The molecule has 0 aromatic heterocycles. The van der Waals surface area contributed by atoms with E-state index in [1.807, 2.05) is 11.8 Å². The molecule has 2 fully saturated rings. The molecule has 2 nitrogen and oxygen atoms in total. The fourth-order valence-corrected chi connectivity index (χ4v) is 4.16. The Morgan fingerprint density at radius 1 is 1.38 bits per heavy atom. The van der Waals surface area contributed by atoms with Crippen LogP contribution in [0.2, 0.25) is 0 Å². The number of hydrogen-bond acceptors (Lipinski definition) is 3. The zero-order chi connectivity index (χ0) is 11.4. The highest BCUT2D eigenvalue weighted by Gasteiger charge is 2.32. The summed E-state index contributed by atoms with van der Waals surface area (Å²) < 4.78 is 5.94. The van der Waals surface area contributed by atoms with Crippen LogP contribution >= 0.6 is 11.8 Å². The van der Waals surface area contributed by atoms with Gasteiger partial charge < -0.3 is 10.1 Å². The quantitative estimate of drug-likeness (QED) is 0.823. The van der Waals surface area contributed by atoms with E-state index in [0.29, 0.717) is 12.1 Å². The Hall–Kier alpha value is 0.270. The van der Waals surface area contributed by atoms with Crippen LogP contribution in [0.1, 0.15) is 32.6 Å². The van der Waals surface area contributed by atoms with Crippen LogP contribution in [0.15, 0.2) is 0 Å². The predicted molar refractivity (Wildman–Crippen MR) is 71.0 cm³/mol. The van der Waals surface area contributed by atoms with Gasteiger partial charge >= 0.3 is 0 Å². The van der Waals surface area contributed by atoms with Gasteiger partial charge in [-0.05, 0) is 31.7 Å². The largest absolute Gasteiger partial charge is 0.375 e. The van der Waals surface area contributed by atoms with Crippen molar-refractivity contribution in [3.8, 4) is 0 Å². The Kier molecular flexibility index (Phi) is 4.98. The Morgan fingerprint density at radius 3 is 2.88 bits per heavy atom. The Morgan fingerprint density at radius 2 is 2.25 bits per heavy atom. The number of thioether (sulfide) groups is 1. The monoisotopic (exact) mass is 243 g/mol. The average Bonchev–Trinajstić information content (AvgIpc) is 2.31. The van der Waals surface area contributed by atoms with E-state index in [1.165, 1.54) is 37.2 Å². The molecule has 1 aliphatic carbocycles. The molecule has 3 heteroatoms. The summed E-state index contributed by atoms with van der Waals surface area (Å²) in [4.78, 5) is 0. The minimum atomic E-state index is 0.444. The minimum Gasteiger partial charge on any atom is -0.375 e. The van der Waals surface area contributed by atoms with E-state index in [-0.39, 0.29) is 0 Å². The Balaban J connectivity index is 1.91. The lowest BCUT2D eigenvalue weighted by molar-refractivity contribution is 0.0222. The maximum absolute atomic E-state index is 5.94. The van der Waals surface area contributed by atoms with Crippen molar-refractivity contribution in [1.82, 2.24) is 5.32 Å². The van der Waals surface area contributed by atoms with Gasteiger partial charge in [-0.2, -0.15) is 11.8 Å². The van der Waals surface area contributed by atoms with Crippen LogP contribution in [0.25, 0.3) is 0 Å². The van der Waals surface area contributed by atoms with Crippen LogP contribution in [-0.4, -0.2) is 37.3 Å². The molecule has 4 unspecified atom stereocenters. The van der Waals surface area contributed by atoms with Crippen LogP contribution in [0.4, 0.5) is 0 Å². The van der Waals surface area contributed by atoms with E-state index in [1.54, 1.807) is 0 Å². The lowest BCUT2D eigenvalue weighted by Gasteiger charge is -2.38. The molecule has 0 aromatic carbocycles. The molecule has 1 aliphatic heterocycles. The molecule has 0 spiro atoms.